The van der Waals surface area contributed by atoms with Crippen molar-refractivity contribution in [2.45, 2.75) is 19.8 Å². The highest BCUT2D eigenvalue weighted by Gasteiger charge is 2.08. The number of nitrogens with zero attached hydrogens (tertiary/aromatic N) is 2. The van der Waals surface area contributed by atoms with E-state index in [1.807, 2.05) is 6.07 Å². The first-order chi connectivity index (χ1) is 9.60. The minimum absolute atomic E-state index is 0.148. The number of benzene rings is 1. The van der Waals surface area contributed by atoms with E-state index in [9.17, 15) is 4.79 Å². The minimum atomic E-state index is -1.01. The monoisotopic (exact) mass is 291 g/mol. The van der Waals surface area contributed by atoms with Crippen molar-refractivity contribution in [3.63, 3.8) is 0 Å². The van der Waals surface area contributed by atoms with Crippen molar-refractivity contribution in [3.8, 4) is 0 Å². The Kier molecular flexibility index (Phi) is 4.53. The van der Waals surface area contributed by atoms with Gasteiger partial charge < -0.3 is 10.4 Å². The minimum Gasteiger partial charge on any atom is -0.478 e. The lowest BCUT2D eigenvalue weighted by molar-refractivity contribution is 0.0697. The summed E-state index contributed by atoms with van der Waals surface area (Å²) in [6.07, 6.45) is 3.38. The molecule has 1 heterocycles. The van der Waals surface area contributed by atoms with Crippen LogP contribution in [0.3, 0.4) is 0 Å². The SMILES string of the molecule is CCCc1cc(Nc2ccc(C(=O)O)cc2Cl)ncn1. The Labute approximate surface area is 121 Å². The van der Waals surface area contributed by atoms with Crippen LogP contribution in [0.4, 0.5) is 11.5 Å². The molecule has 0 saturated carbocycles. The predicted octanol–water partition coefficient (Wildman–Crippen LogP) is 3.52. The maximum absolute atomic E-state index is 10.8. The molecule has 0 aliphatic heterocycles. The molecule has 0 spiro atoms. The first-order valence-corrected chi connectivity index (χ1v) is 6.58. The number of carbonyl (C=O) groups is 1. The topological polar surface area (TPSA) is 75.1 Å². The van der Waals surface area contributed by atoms with Crippen LogP contribution in [0, 0.1) is 0 Å². The Morgan fingerprint density at radius 1 is 1.35 bits per heavy atom. The summed E-state index contributed by atoms with van der Waals surface area (Å²) in [7, 11) is 0. The van der Waals surface area contributed by atoms with Crippen LogP contribution in [-0.4, -0.2) is 21.0 Å². The molecular weight excluding hydrogens is 278 g/mol. The maximum Gasteiger partial charge on any atom is 0.335 e. The maximum atomic E-state index is 10.8. The number of aryl methyl sites for hydroxylation is 1. The van der Waals surface area contributed by atoms with E-state index in [1.54, 1.807) is 6.07 Å². The zero-order valence-corrected chi connectivity index (χ0v) is 11.7. The molecule has 2 N–H and O–H groups in total. The van der Waals surface area contributed by atoms with Gasteiger partial charge in [0.2, 0.25) is 0 Å². The third kappa shape index (κ3) is 3.45. The summed E-state index contributed by atoms with van der Waals surface area (Å²) in [5, 5.41) is 12.3. The van der Waals surface area contributed by atoms with E-state index in [2.05, 4.69) is 22.2 Å². The third-order valence-electron chi connectivity index (χ3n) is 2.71. The quantitative estimate of drug-likeness (QED) is 0.881. The van der Waals surface area contributed by atoms with Gasteiger partial charge in [-0.05, 0) is 24.6 Å². The fourth-order valence-corrected chi connectivity index (χ4v) is 1.97. The molecule has 0 unspecified atom stereocenters. The standard InChI is InChI=1S/C14H14ClN3O2/c1-2-3-10-7-13(17-8-16-10)18-12-5-4-9(14(19)20)6-11(12)15/h4-8H,2-3H2,1H3,(H,19,20)(H,16,17,18). The normalized spacial score (nSPS) is 10.3. The molecule has 0 fully saturated rings. The van der Waals surface area contributed by atoms with Crippen molar-refractivity contribution in [3.05, 3.63) is 46.9 Å². The Morgan fingerprint density at radius 3 is 2.80 bits per heavy atom. The van der Waals surface area contributed by atoms with E-state index < -0.39 is 5.97 Å². The van der Waals surface area contributed by atoms with Gasteiger partial charge in [0.25, 0.3) is 0 Å². The van der Waals surface area contributed by atoms with Crippen molar-refractivity contribution in [2.24, 2.45) is 0 Å². The lowest BCUT2D eigenvalue weighted by Crippen LogP contribution is -2.00. The number of anilines is 2. The number of aromatic nitrogens is 2. The number of aromatic carboxylic acids is 1. The van der Waals surface area contributed by atoms with Crippen LogP contribution < -0.4 is 5.32 Å². The number of carboxylic acids is 1. The number of nitrogens with one attached hydrogen (secondary N) is 1. The highest BCUT2D eigenvalue weighted by atomic mass is 35.5. The second kappa shape index (κ2) is 6.34. The summed E-state index contributed by atoms with van der Waals surface area (Å²) < 4.78 is 0. The molecule has 0 saturated heterocycles. The number of hydrogen-bond donors (Lipinski definition) is 2. The number of hydrogen-bond acceptors (Lipinski definition) is 4. The van der Waals surface area contributed by atoms with Crippen molar-refractivity contribution >= 4 is 29.1 Å². The molecule has 1 aromatic heterocycles. The van der Waals surface area contributed by atoms with Gasteiger partial charge in [-0.2, -0.15) is 0 Å². The molecule has 5 nitrogen and oxygen atoms in total. The summed E-state index contributed by atoms with van der Waals surface area (Å²) in [6, 6.07) is 6.36. The van der Waals surface area contributed by atoms with Crippen molar-refractivity contribution < 1.29 is 9.90 Å². The summed E-state index contributed by atoms with van der Waals surface area (Å²) in [5.74, 6) is -0.376. The van der Waals surface area contributed by atoms with Gasteiger partial charge in [0.05, 0.1) is 16.3 Å². The smallest absolute Gasteiger partial charge is 0.335 e. The number of carboxylic acid groups (broad SMARTS) is 1. The molecule has 0 aliphatic carbocycles. The van der Waals surface area contributed by atoms with Crippen LogP contribution >= 0.6 is 11.6 Å². The first kappa shape index (κ1) is 14.3. The van der Waals surface area contributed by atoms with Crippen molar-refractivity contribution in [1.29, 1.82) is 0 Å². The molecule has 0 aliphatic rings. The van der Waals surface area contributed by atoms with E-state index in [1.165, 1.54) is 18.5 Å². The average molecular weight is 292 g/mol. The summed E-state index contributed by atoms with van der Waals surface area (Å²) in [5.41, 5.74) is 1.70. The average Bonchev–Trinajstić information content (AvgIpc) is 2.42. The molecule has 2 rings (SSSR count). The molecule has 6 heteroatoms. The molecule has 0 atom stereocenters. The van der Waals surface area contributed by atoms with Gasteiger partial charge in [0.1, 0.15) is 12.1 Å². The van der Waals surface area contributed by atoms with Crippen molar-refractivity contribution in [1.82, 2.24) is 9.97 Å². The summed E-state index contributed by atoms with van der Waals surface area (Å²) >= 11 is 6.06. The van der Waals surface area contributed by atoms with E-state index in [4.69, 9.17) is 16.7 Å². The van der Waals surface area contributed by atoms with Crippen LogP contribution in [0.15, 0.2) is 30.6 Å². The largest absolute Gasteiger partial charge is 0.478 e. The van der Waals surface area contributed by atoms with E-state index >= 15 is 0 Å². The summed E-state index contributed by atoms with van der Waals surface area (Å²) in [4.78, 5) is 19.1. The molecule has 0 amide bonds. The van der Waals surface area contributed by atoms with Gasteiger partial charge >= 0.3 is 5.97 Å². The third-order valence-corrected chi connectivity index (χ3v) is 3.02. The van der Waals surface area contributed by atoms with E-state index in [-0.39, 0.29) is 5.56 Å². The van der Waals surface area contributed by atoms with Crippen LogP contribution in [0.1, 0.15) is 29.4 Å². The number of halogens is 1. The van der Waals surface area contributed by atoms with Gasteiger partial charge in [-0.25, -0.2) is 14.8 Å². The predicted molar refractivity (Wildman–Crippen MR) is 77.7 cm³/mol. The van der Waals surface area contributed by atoms with Gasteiger partial charge in [-0.15, -0.1) is 0 Å². The lowest BCUT2D eigenvalue weighted by atomic mass is 10.2. The summed E-state index contributed by atoms with van der Waals surface area (Å²) in [6.45, 7) is 2.08. The van der Waals surface area contributed by atoms with Gasteiger partial charge in [0.15, 0.2) is 0 Å². The molecule has 104 valence electrons. The van der Waals surface area contributed by atoms with Gasteiger partial charge in [0, 0.05) is 11.8 Å². The molecule has 20 heavy (non-hydrogen) atoms. The van der Waals surface area contributed by atoms with E-state index in [0.717, 1.165) is 18.5 Å². The Hall–Kier alpha value is -2.14. The lowest BCUT2D eigenvalue weighted by Gasteiger charge is -2.09. The van der Waals surface area contributed by atoms with Gasteiger partial charge in [-0.1, -0.05) is 24.9 Å². The van der Waals surface area contributed by atoms with Crippen LogP contribution in [0.5, 0.6) is 0 Å². The zero-order chi connectivity index (χ0) is 14.5. The van der Waals surface area contributed by atoms with E-state index in [0.29, 0.717) is 16.5 Å². The second-order valence-corrected chi connectivity index (χ2v) is 4.68. The Morgan fingerprint density at radius 2 is 2.15 bits per heavy atom. The highest BCUT2D eigenvalue weighted by molar-refractivity contribution is 6.33. The number of rotatable bonds is 5. The van der Waals surface area contributed by atoms with Crippen LogP contribution in [0.25, 0.3) is 0 Å². The fraction of sp³-hybridized carbons (Fsp3) is 0.214. The van der Waals surface area contributed by atoms with Crippen molar-refractivity contribution in [2.75, 3.05) is 5.32 Å². The molecule has 2 aromatic rings. The molecular formula is C14H14ClN3O2. The molecule has 0 radical (unpaired) electrons. The fourth-order valence-electron chi connectivity index (χ4n) is 1.75. The molecule has 0 bridgehead atoms. The Bertz CT molecular complexity index is 632. The van der Waals surface area contributed by atoms with Crippen LogP contribution in [-0.2, 0) is 6.42 Å². The first-order valence-electron chi connectivity index (χ1n) is 6.21. The zero-order valence-electron chi connectivity index (χ0n) is 10.9. The van der Waals surface area contributed by atoms with Crippen LogP contribution in [0.2, 0.25) is 5.02 Å². The molecule has 1 aromatic carbocycles. The highest BCUT2D eigenvalue weighted by Crippen LogP contribution is 2.26. The Balaban J connectivity index is 2.21. The second-order valence-electron chi connectivity index (χ2n) is 4.27. The van der Waals surface area contributed by atoms with Gasteiger partial charge in [-0.3, -0.25) is 0 Å².